The van der Waals surface area contributed by atoms with Crippen molar-refractivity contribution in [2.75, 3.05) is 39.4 Å². The Bertz CT molecular complexity index is 699. The lowest BCUT2D eigenvalue weighted by Gasteiger charge is -2.34. The first-order valence-corrected chi connectivity index (χ1v) is 7.93. The second-order valence-corrected chi connectivity index (χ2v) is 5.56. The first kappa shape index (κ1) is 19.2. The van der Waals surface area contributed by atoms with Gasteiger partial charge in [-0.3, -0.25) is 19.7 Å². The fraction of sp³-hybridized carbons (Fsp3) is 0.438. The van der Waals surface area contributed by atoms with Crippen LogP contribution in [0.3, 0.4) is 0 Å². The summed E-state index contributed by atoms with van der Waals surface area (Å²) in [4.78, 5) is 48.3. The number of amides is 2. The van der Waals surface area contributed by atoms with Gasteiger partial charge in [-0.2, -0.15) is 0 Å². The Morgan fingerprint density at radius 3 is 2.31 bits per heavy atom. The molecule has 0 N–H and O–H groups in total. The number of ether oxygens (including phenoxy) is 2. The summed E-state index contributed by atoms with van der Waals surface area (Å²) in [5.41, 5.74) is -0.264. The summed E-state index contributed by atoms with van der Waals surface area (Å²) in [6, 6.07) is 5.64. The summed E-state index contributed by atoms with van der Waals surface area (Å²) in [5, 5.41) is 10.9. The van der Waals surface area contributed by atoms with Crippen LogP contribution in [-0.2, 0) is 19.1 Å². The van der Waals surface area contributed by atoms with E-state index < -0.39 is 24.1 Å². The maximum absolute atomic E-state index is 12.0. The van der Waals surface area contributed by atoms with Gasteiger partial charge in [0.15, 0.2) is 19.0 Å². The maximum atomic E-state index is 12.0. The molecule has 0 aromatic heterocycles. The second-order valence-electron chi connectivity index (χ2n) is 5.56. The van der Waals surface area contributed by atoms with Crippen LogP contribution in [0.15, 0.2) is 24.3 Å². The molecule has 0 saturated carbocycles. The van der Waals surface area contributed by atoms with Crippen molar-refractivity contribution in [2.45, 2.75) is 6.92 Å². The lowest BCUT2D eigenvalue weighted by Crippen LogP contribution is -2.51. The average molecular weight is 365 g/mol. The van der Waals surface area contributed by atoms with E-state index in [2.05, 4.69) is 0 Å². The third-order valence-electron chi connectivity index (χ3n) is 3.84. The smallest absolute Gasteiger partial charge is 0.344 e. The van der Waals surface area contributed by atoms with E-state index in [1.54, 1.807) is 4.90 Å². The Kier molecular flexibility index (Phi) is 6.48. The Balaban J connectivity index is 1.75. The highest BCUT2D eigenvalue weighted by molar-refractivity contribution is 5.81. The Morgan fingerprint density at radius 2 is 1.69 bits per heavy atom. The van der Waals surface area contributed by atoms with Gasteiger partial charge in [-0.15, -0.1) is 0 Å². The molecule has 1 aromatic rings. The van der Waals surface area contributed by atoms with E-state index in [-0.39, 0.29) is 23.3 Å². The lowest BCUT2D eigenvalue weighted by atomic mass is 10.3. The highest BCUT2D eigenvalue weighted by atomic mass is 16.6. The molecule has 140 valence electrons. The Hall–Kier alpha value is -3.17. The fourth-order valence-corrected chi connectivity index (χ4v) is 2.41. The van der Waals surface area contributed by atoms with E-state index in [0.29, 0.717) is 26.2 Å². The standard InChI is InChI=1S/C16H19N3O7/c1-12(20)17-6-8-18(9-7-17)15(21)10-26-16(22)11-25-14-5-3-2-4-13(14)19(23)24/h2-5H,6-11H2,1H3. The third-order valence-corrected chi connectivity index (χ3v) is 3.84. The zero-order chi connectivity index (χ0) is 19.1. The molecule has 1 heterocycles. The van der Waals surface area contributed by atoms with Crippen LogP contribution in [0.5, 0.6) is 5.75 Å². The van der Waals surface area contributed by atoms with Crippen molar-refractivity contribution < 1.29 is 28.8 Å². The molecule has 1 saturated heterocycles. The number of nitro groups is 1. The number of nitro benzene ring substituents is 1. The van der Waals surface area contributed by atoms with Crippen molar-refractivity contribution in [3.63, 3.8) is 0 Å². The molecule has 0 bridgehead atoms. The molecule has 1 aliphatic rings. The zero-order valence-electron chi connectivity index (χ0n) is 14.3. The molecule has 1 aromatic carbocycles. The summed E-state index contributed by atoms with van der Waals surface area (Å²) in [7, 11) is 0. The number of hydrogen-bond donors (Lipinski definition) is 0. The maximum Gasteiger partial charge on any atom is 0.344 e. The van der Waals surface area contributed by atoms with Crippen molar-refractivity contribution >= 4 is 23.5 Å². The van der Waals surface area contributed by atoms with Crippen LogP contribution in [0.1, 0.15) is 6.92 Å². The van der Waals surface area contributed by atoms with Gasteiger partial charge >= 0.3 is 11.7 Å². The summed E-state index contributed by atoms with van der Waals surface area (Å²) in [5.74, 6) is -1.28. The third kappa shape index (κ3) is 5.16. The van der Waals surface area contributed by atoms with Gasteiger partial charge in [0.25, 0.3) is 5.91 Å². The Labute approximate surface area is 149 Å². The molecule has 0 unspecified atom stereocenters. The lowest BCUT2D eigenvalue weighted by molar-refractivity contribution is -0.385. The number of para-hydroxylation sites is 2. The predicted molar refractivity (Wildman–Crippen MR) is 88.4 cm³/mol. The number of esters is 1. The summed E-state index contributed by atoms with van der Waals surface area (Å²) in [6.07, 6.45) is 0. The van der Waals surface area contributed by atoms with Gasteiger partial charge in [0.2, 0.25) is 5.91 Å². The number of benzene rings is 1. The second kappa shape index (κ2) is 8.79. The van der Waals surface area contributed by atoms with E-state index in [4.69, 9.17) is 9.47 Å². The van der Waals surface area contributed by atoms with Crippen LogP contribution in [-0.4, -0.2) is 71.9 Å². The van der Waals surface area contributed by atoms with Gasteiger partial charge in [0.1, 0.15) is 0 Å². The summed E-state index contributed by atoms with van der Waals surface area (Å²) < 4.78 is 9.94. The molecule has 1 aliphatic heterocycles. The van der Waals surface area contributed by atoms with Crippen LogP contribution >= 0.6 is 0 Å². The Morgan fingerprint density at radius 1 is 1.08 bits per heavy atom. The van der Waals surface area contributed by atoms with Crippen LogP contribution in [0, 0.1) is 10.1 Å². The zero-order valence-corrected chi connectivity index (χ0v) is 14.3. The molecular formula is C16H19N3O7. The number of piperazine rings is 1. The van der Waals surface area contributed by atoms with Gasteiger partial charge in [-0.05, 0) is 6.07 Å². The molecule has 10 nitrogen and oxygen atoms in total. The van der Waals surface area contributed by atoms with Crippen LogP contribution in [0.4, 0.5) is 5.69 Å². The normalized spacial score (nSPS) is 13.9. The number of rotatable bonds is 6. The van der Waals surface area contributed by atoms with Crippen molar-refractivity contribution in [2.24, 2.45) is 0 Å². The van der Waals surface area contributed by atoms with E-state index in [1.165, 1.54) is 36.1 Å². The molecule has 1 fully saturated rings. The molecule has 0 spiro atoms. The molecule has 2 amide bonds. The molecular weight excluding hydrogens is 346 g/mol. The van der Waals surface area contributed by atoms with E-state index in [9.17, 15) is 24.5 Å². The monoisotopic (exact) mass is 365 g/mol. The van der Waals surface area contributed by atoms with Crippen molar-refractivity contribution in [3.8, 4) is 5.75 Å². The molecule has 0 aliphatic carbocycles. The fourth-order valence-electron chi connectivity index (χ4n) is 2.41. The molecule has 26 heavy (non-hydrogen) atoms. The van der Waals surface area contributed by atoms with Gasteiger partial charge < -0.3 is 19.3 Å². The minimum Gasteiger partial charge on any atom is -0.475 e. The summed E-state index contributed by atoms with van der Waals surface area (Å²) in [6.45, 7) is 2.11. The summed E-state index contributed by atoms with van der Waals surface area (Å²) >= 11 is 0. The number of carbonyl (C=O) groups is 3. The minimum absolute atomic E-state index is 0.0457. The molecule has 10 heteroatoms. The number of nitrogens with zero attached hydrogens (tertiary/aromatic N) is 3. The molecule has 2 rings (SSSR count). The van der Waals surface area contributed by atoms with E-state index >= 15 is 0 Å². The van der Waals surface area contributed by atoms with Crippen LogP contribution in [0.25, 0.3) is 0 Å². The minimum atomic E-state index is -0.807. The van der Waals surface area contributed by atoms with Crippen molar-refractivity contribution in [1.82, 2.24) is 9.80 Å². The molecule has 0 radical (unpaired) electrons. The van der Waals surface area contributed by atoms with E-state index in [1.807, 2.05) is 0 Å². The highest BCUT2D eigenvalue weighted by Gasteiger charge is 2.23. The number of hydrogen-bond acceptors (Lipinski definition) is 7. The molecule has 0 atom stereocenters. The van der Waals surface area contributed by atoms with Gasteiger partial charge in [0.05, 0.1) is 4.92 Å². The van der Waals surface area contributed by atoms with Crippen LogP contribution < -0.4 is 4.74 Å². The largest absolute Gasteiger partial charge is 0.475 e. The predicted octanol–water partition coefficient (Wildman–Crippen LogP) is 0.208. The van der Waals surface area contributed by atoms with Gasteiger partial charge in [-0.25, -0.2) is 4.79 Å². The van der Waals surface area contributed by atoms with E-state index in [0.717, 1.165) is 0 Å². The van der Waals surface area contributed by atoms with Gasteiger partial charge in [0, 0.05) is 39.2 Å². The van der Waals surface area contributed by atoms with Crippen molar-refractivity contribution in [3.05, 3.63) is 34.4 Å². The number of carbonyl (C=O) groups excluding carboxylic acids is 3. The highest BCUT2D eigenvalue weighted by Crippen LogP contribution is 2.25. The van der Waals surface area contributed by atoms with Gasteiger partial charge in [-0.1, -0.05) is 12.1 Å². The first-order valence-electron chi connectivity index (χ1n) is 7.93. The topological polar surface area (TPSA) is 119 Å². The van der Waals surface area contributed by atoms with Crippen LogP contribution in [0.2, 0.25) is 0 Å². The SMILES string of the molecule is CC(=O)N1CCN(C(=O)COC(=O)COc2ccccc2[N+](=O)[O-])CC1. The van der Waals surface area contributed by atoms with Crippen molar-refractivity contribution in [1.29, 1.82) is 0 Å². The average Bonchev–Trinajstić information content (AvgIpc) is 2.64. The first-order chi connectivity index (χ1) is 12.4. The quantitative estimate of drug-likeness (QED) is 0.401.